The molecule has 3 nitrogen and oxygen atoms in total. The minimum atomic E-state index is 0.521. The van der Waals surface area contributed by atoms with Gasteiger partial charge in [-0.3, -0.25) is 0 Å². The van der Waals surface area contributed by atoms with Crippen molar-refractivity contribution in [3.63, 3.8) is 0 Å². The molecule has 0 aliphatic heterocycles. The van der Waals surface area contributed by atoms with Crippen molar-refractivity contribution in [2.45, 2.75) is 19.8 Å². The van der Waals surface area contributed by atoms with Gasteiger partial charge in [-0.15, -0.1) is 0 Å². The van der Waals surface area contributed by atoms with Crippen LogP contribution in [0.1, 0.15) is 18.9 Å². The lowest BCUT2D eigenvalue weighted by Crippen LogP contribution is -2.01. The largest absolute Gasteiger partial charge is 0.496 e. The summed E-state index contributed by atoms with van der Waals surface area (Å²) in [6, 6.07) is 8.09. The molecule has 1 aromatic carbocycles. The fourth-order valence-corrected chi connectivity index (χ4v) is 1.43. The molecule has 0 amide bonds. The third-order valence-corrected chi connectivity index (χ3v) is 2.23. The second-order valence-electron chi connectivity index (χ2n) is 3.22. The van der Waals surface area contributed by atoms with Crippen molar-refractivity contribution in [1.82, 2.24) is 0 Å². The number of rotatable bonds is 5. The lowest BCUT2D eigenvalue weighted by Gasteiger charge is -2.10. The minimum Gasteiger partial charge on any atom is -0.496 e. The fraction of sp³-hybridized carbons (Fsp3) is 0.417. The van der Waals surface area contributed by atoms with Crippen molar-refractivity contribution in [2.75, 3.05) is 19.0 Å². The highest BCUT2D eigenvalue weighted by molar-refractivity contribution is 5.51. The molecule has 0 radical (unpaired) electrons. The van der Waals surface area contributed by atoms with E-state index in [2.05, 4.69) is 24.4 Å². The topological polar surface area (TPSA) is 45.0 Å². The van der Waals surface area contributed by atoms with Gasteiger partial charge in [0.15, 0.2) is 0 Å². The van der Waals surface area contributed by atoms with Gasteiger partial charge in [0.1, 0.15) is 5.75 Å². The van der Waals surface area contributed by atoms with E-state index in [1.807, 2.05) is 12.1 Å². The lowest BCUT2D eigenvalue weighted by atomic mass is 10.1. The van der Waals surface area contributed by atoms with Gasteiger partial charge < -0.3 is 10.1 Å². The predicted octanol–water partition coefficient (Wildman–Crippen LogP) is 2.58. The molecule has 0 atom stereocenters. The quantitative estimate of drug-likeness (QED) is 0.750. The van der Waals surface area contributed by atoms with Crippen LogP contribution in [-0.2, 0) is 6.42 Å². The number of benzene rings is 1. The van der Waals surface area contributed by atoms with Gasteiger partial charge in [-0.25, -0.2) is 0 Å². The second kappa shape index (κ2) is 5.92. The average molecular weight is 204 g/mol. The minimum absolute atomic E-state index is 0.521. The summed E-state index contributed by atoms with van der Waals surface area (Å²) >= 11 is 0. The van der Waals surface area contributed by atoms with Crippen molar-refractivity contribution >= 4 is 5.69 Å². The van der Waals surface area contributed by atoms with Crippen molar-refractivity contribution in [3.8, 4) is 11.8 Å². The van der Waals surface area contributed by atoms with Crippen LogP contribution in [0.3, 0.4) is 0 Å². The molecule has 0 aliphatic rings. The van der Waals surface area contributed by atoms with Crippen molar-refractivity contribution < 1.29 is 4.74 Å². The Bertz CT molecular complexity index is 355. The molecule has 0 saturated carbocycles. The molecule has 15 heavy (non-hydrogen) atoms. The van der Waals surface area contributed by atoms with E-state index in [1.54, 1.807) is 7.11 Å². The summed E-state index contributed by atoms with van der Waals surface area (Å²) in [5.41, 5.74) is 2.22. The Morgan fingerprint density at radius 2 is 2.27 bits per heavy atom. The summed E-state index contributed by atoms with van der Waals surface area (Å²) in [5, 5.41) is 11.6. The molecule has 0 spiro atoms. The molecule has 1 N–H and O–H groups in total. The highest BCUT2D eigenvalue weighted by atomic mass is 16.5. The standard InChI is InChI=1S/C12H16N2O/c1-3-10-9-11(14-8-4-7-13)5-6-12(10)15-2/h5-6,9,14H,3-4,8H2,1-2H3. The number of hydrogen-bond donors (Lipinski definition) is 1. The van der Waals surface area contributed by atoms with Crippen molar-refractivity contribution in [3.05, 3.63) is 23.8 Å². The van der Waals surface area contributed by atoms with Crippen molar-refractivity contribution in [1.29, 1.82) is 5.26 Å². The number of methoxy groups -OCH3 is 1. The molecule has 0 fully saturated rings. The maximum atomic E-state index is 8.42. The zero-order valence-corrected chi connectivity index (χ0v) is 9.21. The first-order valence-corrected chi connectivity index (χ1v) is 5.09. The van der Waals surface area contributed by atoms with Gasteiger partial charge in [0.05, 0.1) is 19.6 Å². The van der Waals surface area contributed by atoms with Gasteiger partial charge in [0, 0.05) is 12.2 Å². The number of anilines is 1. The molecule has 0 saturated heterocycles. The first kappa shape index (κ1) is 11.4. The summed E-state index contributed by atoms with van der Waals surface area (Å²) in [6.45, 7) is 2.78. The summed E-state index contributed by atoms with van der Waals surface area (Å²) < 4.78 is 5.24. The van der Waals surface area contributed by atoms with Crippen LogP contribution in [0.4, 0.5) is 5.69 Å². The molecule has 3 heteroatoms. The second-order valence-corrected chi connectivity index (χ2v) is 3.22. The highest BCUT2D eigenvalue weighted by Crippen LogP contribution is 2.22. The van der Waals surface area contributed by atoms with Gasteiger partial charge in [-0.1, -0.05) is 6.92 Å². The smallest absolute Gasteiger partial charge is 0.122 e. The van der Waals surface area contributed by atoms with E-state index in [0.717, 1.165) is 17.9 Å². The monoisotopic (exact) mass is 204 g/mol. The Morgan fingerprint density at radius 1 is 1.47 bits per heavy atom. The molecular formula is C12H16N2O. The number of hydrogen-bond acceptors (Lipinski definition) is 3. The lowest BCUT2D eigenvalue weighted by molar-refractivity contribution is 0.410. The van der Waals surface area contributed by atoms with Crippen LogP contribution < -0.4 is 10.1 Å². The Balaban J connectivity index is 2.71. The summed E-state index contributed by atoms with van der Waals surface area (Å²) in [7, 11) is 1.68. The van der Waals surface area contributed by atoms with Crippen LogP contribution in [0.2, 0.25) is 0 Å². The van der Waals surface area contributed by atoms with Crippen LogP contribution in [0.15, 0.2) is 18.2 Å². The fourth-order valence-electron chi connectivity index (χ4n) is 1.43. The van der Waals surface area contributed by atoms with Gasteiger partial charge in [-0.2, -0.15) is 5.26 Å². The van der Waals surface area contributed by atoms with E-state index < -0.39 is 0 Å². The number of ether oxygens (including phenoxy) is 1. The molecule has 0 aliphatic carbocycles. The first-order valence-electron chi connectivity index (χ1n) is 5.09. The predicted molar refractivity (Wildman–Crippen MR) is 61.1 cm³/mol. The third kappa shape index (κ3) is 3.17. The van der Waals surface area contributed by atoms with Gasteiger partial charge in [0.25, 0.3) is 0 Å². The van der Waals surface area contributed by atoms with E-state index >= 15 is 0 Å². The summed E-state index contributed by atoms with van der Waals surface area (Å²) in [4.78, 5) is 0. The molecule has 1 rings (SSSR count). The Labute approximate surface area is 90.7 Å². The van der Waals surface area contributed by atoms with E-state index in [1.165, 1.54) is 5.56 Å². The Hall–Kier alpha value is -1.69. The van der Waals surface area contributed by atoms with E-state index in [9.17, 15) is 0 Å². The zero-order valence-electron chi connectivity index (χ0n) is 9.21. The summed E-state index contributed by atoms with van der Waals surface area (Å²) in [6.07, 6.45) is 1.46. The van der Waals surface area contributed by atoms with E-state index in [4.69, 9.17) is 10.00 Å². The van der Waals surface area contributed by atoms with Crippen LogP contribution in [-0.4, -0.2) is 13.7 Å². The molecule has 0 heterocycles. The Morgan fingerprint density at radius 3 is 2.87 bits per heavy atom. The summed E-state index contributed by atoms with van der Waals surface area (Å²) in [5.74, 6) is 0.920. The molecular weight excluding hydrogens is 188 g/mol. The van der Waals surface area contributed by atoms with Gasteiger partial charge in [0.2, 0.25) is 0 Å². The van der Waals surface area contributed by atoms with Crippen LogP contribution in [0, 0.1) is 11.3 Å². The number of nitrogens with zero attached hydrogens (tertiary/aromatic N) is 1. The highest BCUT2D eigenvalue weighted by Gasteiger charge is 2.01. The van der Waals surface area contributed by atoms with Crippen LogP contribution >= 0.6 is 0 Å². The van der Waals surface area contributed by atoms with Crippen LogP contribution in [0.25, 0.3) is 0 Å². The number of nitrogens with one attached hydrogen (secondary N) is 1. The average Bonchev–Trinajstić information content (AvgIpc) is 2.29. The number of aryl methyl sites for hydroxylation is 1. The van der Waals surface area contributed by atoms with E-state index in [0.29, 0.717) is 13.0 Å². The van der Waals surface area contributed by atoms with Gasteiger partial charge >= 0.3 is 0 Å². The molecule has 1 aromatic rings. The maximum absolute atomic E-state index is 8.42. The van der Waals surface area contributed by atoms with Crippen LogP contribution in [0.5, 0.6) is 5.75 Å². The number of nitriles is 1. The molecule has 0 unspecified atom stereocenters. The molecule has 80 valence electrons. The van der Waals surface area contributed by atoms with Crippen molar-refractivity contribution in [2.24, 2.45) is 0 Å². The molecule has 0 bridgehead atoms. The Kier molecular flexibility index (Phi) is 4.49. The van der Waals surface area contributed by atoms with Gasteiger partial charge in [-0.05, 0) is 30.2 Å². The zero-order chi connectivity index (χ0) is 11.1. The molecule has 0 aromatic heterocycles. The SMILES string of the molecule is CCc1cc(NCCC#N)ccc1OC. The third-order valence-electron chi connectivity index (χ3n) is 2.23. The first-order chi connectivity index (χ1) is 7.31. The maximum Gasteiger partial charge on any atom is 0.122 e. The van der Waals surface area contributed by atoms with E-state index in [-0.39, 0.29) is 0 Å². The normalized spacial score (nSPS) is 9.40.